The number of phenolic OH excluding ortho intramolecular Hbond substituents is 2. The summed E-state index contributed by atoms with van der Waals surface area (Å²) in [5.41, 5.74) is 5.61. The molecule has 0 aliphatic heterocycles. The first kappa shape index (κ1) is 15.1. The number of phenols is 2. The fourth-order valence-corrected chi connectivity index (χ4v) is 1.89. The molecule has 0 heterocycles. The highest BCUT2D eigenvalue weighted by atomic mass is 16.3. The van der Waals surface area contributed by atoms with Crippen LogP contribution in [0.25, 0.3) is 0 Å². The van der Waals surface area contributed by atoms with Crippen molar-refractivity contribution in [3.63, 3.8) is 0 Å². The second kappa shape index (κ2) is 6.28. The highest BCUT2D eigenvalue weighted by Gasteiger charge is 1.99. The largest absolute Gasteiger partial charge is 0.508 e. The van der Waals surface area contributed by atoms with E-state index in [1.807, 2.05) is 46.8 Å². The van der Waals surface area contributed by atoms with Crippen molar-refractivity contribution in [3.8, 4) is 11.5 Å². The van der Waals surface area contributed by atoms with Crippen molar-refractivity contribution in [2.45, 2.75) is 34.6 Å². The maximum atomic E-state index is 9.22. The van der Waals surface area contributed by atoms with Crippen LogP contribution in [0.15, 0.2) is 30.3 Å². The van der Waals surface area contributed by atoms with Crippen LogP contribution in [0.5, 0.6) is 11.5 Å². The van der Waals surface area contributed by atoms with Crippen LogP contribution in [0, 0.1) is 34.6 Å². The highest BCUT2D eigenvalue weighted by Crippen LogP contribution is 2.21. The van der Waals surface area contributed by atoms with E-state index in [1.165, 1.54) is 11.1 Å². The van der Waals surface area contributed by atoms with E-state index in [-0.39, 0.29) is 0 Å². The summed E-state index contributed by atoms with van der Waals surface area (Å²) in [7, 11) is 0. The quantitative estimate of drug-likeness (QED) is 0.738. The summed E-state index contributed by atoms with van der Waals surface area (Å²) in [5.74, 6) is 0.746. The van der Waals surface area contributed by atoms with Crippen LogP contribution in [-0.2, 0) is 0 Å². The van der Waals surface area contributed by atoms with Gasteiger partial charge in [-0.15, -0.1) is 0 Å². The number of benzene rings is 2. The summed E-state index contributed by atoms with van der Waals surface area (Å²) in [5, 5.41) is 18.2. The third kappa shape index (κ3) is 4.32. The molecule has 0 amide bonds. The van der Waals surface area contributed by atoms with E-state index in [2.05, 4.69) is 0 Å². The average Bonchev–Trinajstić information content (AvgIpc) is 2.30. The first-order valence-electron chi connectivity index (χ1n) is 6.34. The summed E-state index contributed by atoms with van der Waals surface area (Å²) in [6.45, 7) is 9.92. The van der Waals surface area contributed by atoms with Crippen LogP contribution in [0.2, 0.25) is 0 Å². The topological polar surface area (TPSA) is 40.5 Å². The smallest absolute Gasteiger partial charge is 0.118 e. The van der Waals surface area contributed by atoms with Crippen LogP contribution in [0.4, 0.5) is 0 Å². The predicted octanol–water partition coefficient (Wildman–Crippen LogP) is 4.33. The molecule has 0 spiro atoms. The Morgan fingerprint density at radius 1 is 0.684 bits per heavy atom. The molecule has 0 aliphatic rings. The van der Waals surface area contributed by atoms with Gasteiger partial charge in [0.25, 0.3) is 0 Å². The molecular weight excluding hydrogens is 236 g/mol. The van der Waals surface area contributed by atoms with Crippen LogP contribution in [0.3, 0.4) is 0 Å². The summed E-state index contributed by atoms with van der Waals surface area (Å²) in [6.07, 6.45) is 0. The molecule has 0 saturated carbocycles. The van der Waals surface area contributed by atoms with E-state index in [0.717, 1.165) is 16.7 Å². The molecule has 2 aromatic carbocycles. The number of rotatable bonds is 0. The summed E-state index contributed by atoms with van der Waals surface area (Å²) in [6, 6.07) is 9.18. The van der Waals surface area contributed by atoms with Crippen molar-refractivity contribution in [2.75, 3.05) is 0 Å². The Morgan fingerprint density at radius 2 is 1.21 bits per heavy atom. The van der Waals surface area contributed by atoms with Gasteiger partial charge in [0.2, 0.25) is 0 Å². The summed E-state index contributed by atoms with van der Waals surface area (Å²) < 4.78 is 0. The van der Waals surface area contributed by atoms with Gasteiger partial charge in [0.05, 0.1) is 0 Å². The monoisotopic (exact) mass is 258 g/mol. The lowest BCUT2D eigenvalue weighted by Crippen LogP contribution is -1.85. The molecule has 0 unspecified atom stereocenters. The molecule has 2 nitrogen and oxygen atoms in total. The molecule has 0 saturated heterocycles. The SMILES string of the molecule is Cc1cc(C)cc(O)c1.Cc1ccc(O)c(C)c1C. The van der Waals surface area contributed by atoms with E-state index in [4.69, 9.17) is 5.11 Å². The van der Waals surface area contributed by atoms with Gasteiger partial charge in [-0.25, -0.2) is 0 Å². The van der Waals surface area contributed by atoms with Crippen molar-refractivity contribution >= 4 is 0 Å². The Balaban J connectivity index is 0.000000191. The van der Waals surface area contributed by atoms with Gasteiger partial charge < -0.3 is 10.2 Å². The predicted molar refractivity (Wildman–Crippen MR) is 79.9 cm³/mol. The van der Waals surface area contributed by atoms with Crippen LogP contribution >= 0.6 is 0 Å². The van der Waals surface area contributed by atoms with Gasteiger partial charge in [-0.3, -0.25) is 0 Å². The number of aromatic hydroxyl groups is 2. The number of aryl methyl sites for hydroxylation is 3. The van der Waals surface area contributed by atoms with Crippen molar-refractivity contribution in [1.82, 2.24) is 0 Å². The Bertz CT molecular complexity index is 494. The minimum absolute atomic E-state index is 0.354. The van der Waals surface area contributed by atoms with Gasteiger partial charge in [0.1, 0.15) is 11.5 Å². The minimum Gasteiger partial charge on any atom is -0.508 e. The van der Waals surface area contributed by atoms with E-state index in [0.29, 0.717) is 11.5 Å². The number of hydrogen-bond donors (Lipinski definition) is 2. The van der Waals surface area contributed by atoms with E-state index < -0.39 is 0 Å². The van der Waals surface area contributed by atoms with Crippen LogP contribution in [-0.4, -0.2) is 10.2 Å². The zero-order chi connectivity index (χ0) is 14.6. The summed E-state index contributed by atoms with van der Waals surface area (Å²) in [4.78, 5) is 0. The Morgan fingerprint density at radius 3 is 1.63 bits per heavy atom. The Hall–Kier alpha value is -1.96. The molecule has 0 radical (unpaired) electrons. The van der Waals surface area contributed by atoms with Crippen molar-refractivity contribution in [3.05, 3.63) is 58.1 Å². The van der Waals surface area contributed by atoms with Gasteiger partial charge in [-0.05, 0) is 80.6 Å². The first-order valence-corrected chi connectivity index (χ1v) is 6.34. The standard InChI is InChI=1S/C9H12O.C8H10O/c1-6-4-5-9(10)8(3)7(6)2;1-6-3-7(2)5-8(9)4-6/h4-5,10H,1-3H3;3-5,9H,1-2H3. The van der Waals surface area contributed by atoms with E-state index in [9.17, 15) is 5.11 Å². The average molecular weight is 258 g/mol. The lowest BCUT2D eigenvalue weighted by molar-refractivity contribution is 0.470. The third-order valence-electron chi connectivity index (χ3n) is 3.24. The molecule has 0 aliphatic carbocycles. The van der Waals surface area contributed by atoms with Crippen molar-refractivity contribution in [2.24, 2.45) is 0 Å². The molecule has 2 N–H and O–H groups in total. The molecule has 19 heavy (non-hydrogen) atoms. The first-order chi connectivity index (χ1) is 8.81. The lowest BCUT2D eigenvalue weighted by Gasteiger charge is -2.04. The van der Waals surface area contributed by atoms with Crippen molar-refractivity contribution in [1.29, 1.82) is 0 Å². The number of hydrogen-bond acceptors (Lipinski definition) is 2. The fourth-order valence-electron chi connectivity index (χ4n) is 1.89. The third-order valence-corrected chi connectivity index (χ3v) is 3.24. The normalized spacial score (nSPS) is 9.74. The zero-order valence-electron chi connectivity index (χ0n) is 12.3. The van der Waals surface area contributed by atoms with E-state index >= 15 is 0 Å². The van der Waals surface area contributed by atoms with Gasteiger partial charge >= 0.3 is 0 Å². The second-order valence-corrected chi connectivity index (χ2v) is 5.00. The molecule has 0 aromatic heterocycles. The summed E-state index contributed by atoms with van der Waals surface area (Å²) >= 11 is 0. The van der Waals surface area contributed by atoms with Crippen molar-refractivity contribution < 1.29 is 10.2 Å². The van der Waals surface area contributed by atoms with Gasteiger partial charge in [0, 0.05) is 0 Å². The minimum atomic E-state index is 0.354. The van der Waals surface area contributed by atoms with Gasteiger partial charge in [0.15, 0.2) is 0 Å². The second-order valence-electron chi connectivity index (χ2n) is 5.00. The fraction of sp³-hybridized carbons (Fsp3) is 0.294. The molecule has 2 heteroatoms. The Kier molecular flexibility index (Phi) is 4.99. The molecular formula is C17H22O2. The molecule has 2 aromatic rings. The van der Waals surface area contributed by atoms with Crippen LogP contribution in [0.1, 0.15) is 27.8 Å². The molecule has 0 fully saturated rings. The molecule has 0 bridgehead atoms. The van der Waals surface area contributed by atoms with Gasteiger partial charge in [-0.1, -0.05) is 12.1 Å². The highest BCUT2D eigenvalue weighted by molar-refractivity contribution is 5.41. The lowest BCUT2D eigenvalue weighted by atomic mass is 10.0. The molecule has 2 rings (SSSR count). The van der Waals surface area contributed by atoms with Crippen LogP contribution < -0.4 is 0 Å². The molecule has 102 valence electrons. The van der Waals surface area contributed by atoms with E-state index in [1.54, 1.807) is 18.2 Å². The maximum Gasteiger partial charge on any atom is 0.118 e. The maximum absolute atomic E-state index is 9.22. The zero-order valence-corrected chi connectivity index (χ0v) is 12.3. The van der Waals surface area contributed by atoms with Gasteiger partial charge in [-0.2, -0.15) is 0 Å². The molecule has 0 atom stereocenters. The Labute approximate surface area is 115 Å².